The zero-order valence-corrected chi connectivity index (χ0v) is 42.0. The Balaban J connectivity index is 0.975. The second kappa shape index (κ2) is 17.8. The first-order valence-corrected chi connectivity index (χ1v) is 26.3. The van der Waals surface area contributed by atoms with Gasteiger partial charge in [-0.3, -0.25) is 0 Å². The van der Waals surface area contributed by atoms with Crippen molar-refractivity contribution in [3.8, 4) is 44.8 Å². The Kier molecular flexibility index (Phi) is 7.26. The molecule has 3 heterocycles. The summed E-state index contributed by atoms with van der Waals surface area (Å²) in [6.07, 6.45) is 0. The van der Waals surface area contributed by atoms with E-state index < -0.39 is 54.4 Å². The van der Waals surface area contributed by atoms with Crippen molar-refractivity contribution in [1.29, 1.82) is 0 Å². The van der Waals surface area contributed by atoms with Gasteiger partial charge in [-0.25, -0.2) is 0 Å². The first-order valence-electron chi connectivity index (χ1n) is 33.0. The molecule has 0 saturated heterocycles. The maximum Gasteiger partial charge on any atom is 0.0645 e. The second-order valence-corrected chi connectivity index (χ2v) is 20.3. The molecule has 78 heavy (non-hydrogen) atoms. The van der Waals surface area contributed by atoms with Crippen LogP contribution in [-0.4, -0.2) is 9.13 Å². The smallest absolute Gasteiger partial charge is 0.0645 e. The molecule has 3 nitrogen and oxygen atoms in total. The molecule has 0 N–H and O–H groups in total. The van der Waals surface area contributed by atoms with Crippen LogP contribution in [0, 0.1) is 0 Å². The Morgan fingerprint density at radius 3 is 1.58 bits per heavy atom. The Labute approximate surface area is 476 Å². The van der Waals surface area contributed by atoms with E-state index in [1.165, 1.54) is 0 Å². The molecule has 0 saturated carbocycles. The third-order valence-electron chi connectivity index (χ3n) is 15.0. The van der Waals surface area contributed by atoms with Crippen molar-refractivity contribution in [1.82, 2.24) is 9.13 Å². The maximum absolute atomic E-state index is 10.3. The van der Waals surface area contributed by atoms with Crippen LogP contribution >= 0.6 is 11.3 Å². The van der Waals surface area contributed by atoms with Gasteiger partial charge in [0.2, 0.25) is 0 Å². The van der Waals surface area contributed by atoms with Crippen molar-refractivity contribution in [2.45, 2.75) is 0 Å². The minimum absolute atomic E-state index is 0.00574. The van der Waals surface area contributed by atoms with E-state index in [4.69, 9.17) is 5.48 Å². The highest BCUT2D eigenvalue weighted by molar-refractivity contribution is 7.25. The van der Waals surface area contributed by atoms with Crippen molar-refractivity contribution in [2.24, 2.45) is 0 Å². The van der Waals surface area contributed by atoms with Crippen LogP contribution in [0.1, 0.15) is 20.6 Å². The lowest BCUT2D eigenvalue weighted by molar-refractivity contribution is 1.18. The molecular formula is C74H47N3S. The molecule has 0 amide bonds. The van der Waals surface area contributed by atoms with Gasteiger partial charge in [-0.2, -0.15) is 0 Å². The monoisotopic (exact) mass is 1020 g/mol. The number of aromatic nitrogens is 2. The highest BCUT2D eigenvalue weighted by Crippen LogP contribution is 2.45. The van der Waals surface area contributed by atoms with Crippen LogP contribution in [0.4, 0.5) is 17.1 Å². The molecular weight excluding hydrogens is 963 g/mol. The second-order valence-electron chi connectivity index (χ2n) is 19.2. The summed E-state index contributed by atoms with van der Waals surface area (Å²) in [7, 11) is 0. The predicted molar refractivity (Wildman–Crippen MR) is 334 cm³/mol. The molecule has 0 aliphatic heterocycles. The summed E-state index contributed by atoms with van der Waals surface area (Å²) >= 11 is 1.62. The van der Waals surface area contributed by atoms with Crippen LogP contribution < -0.4 is 4.90 Å². The van der Waals surface area contributed by atoms with Gasteiger partial charge in [-0.15, -0.1) is 11.3 Å². The van der Waals surface area contributed by atoms with Gasteiger partial charge < -0.3 is 14.0 Å². The van der Waals surface area contributed by atoms with E-state index >= 15 is 0 Å². The van der Waals surface area contributed by atoms with Crippen molar-refractivity contribution in [2.75, 3.05) is 4.90 Å². The third kappa shape index (κ3) is 6.97. The SMILES string of the molecule is [2H]c1c([2H])c([2H])c(N(c2cccc(-c3ccc4c(-c5c([2H])c([2H])c(-n6c7ccccc7c7ccccc76)c([2H])c5[2H])ccc(-c5c([2H])c([2H])c(-n6c7ccccc7c7ccccc76)c6c([2H])c([2H])c([2H])c([2H])c56)c4c3)c2)c2ccc3sc4ccccc4c3c2)c([2H])c1[2H]. The molecule has 13 aromatic carbocycles. The van der Waals surface area contributed by atoms with Gasteiger partial charge in [0.25, 0.3) is 0 Å². The molecule has 364 valence electrons. The zero-order valence-electron chi connectivity index (χ0n) is 56.2. The quantitative estimate of drug-likeness (QED) is 0.148. The Bertz CT molecular complexity index is 5830. The van der Waals surface area contributed by atoms with Crippen molar-refractivity contribution >= 4 is 114 Å². The number of fused-ring (bicyclic) bond motifs is 11. The Morgan fingerprint density at radius 1 is 0.295 bits per heavy atom. The van der Waals surface area contributed by atoms with Crippen LogP contribution in [-0.2, 0) is 0 Å². The van der Waals surface area contributed by atoms with Gasteiger partial charge in [0.05, 0.1) is 48.3 Å². The molecule has 0 radical (unpaired) electrons. The number of hydrogen-bond acceptors (Lipinski definition) is 2. The van der Waals surface area contributed by atoms with Gasteiger partial charge in [-0.1, -0.05) is 188 Å². The Hall–Kier alpha value is -10.0. The molecule has 0 unspecified atom stereocenters. The van der Waals surface area contributed by atoms with E-state index in [1.807, 2.05) is 164 Å². The van der Waals surface area contributed by atoms with E-state index in [2.05, 4.69) is 0 Å². The lowest BCUT2D eigenvalue weighted by atomic mass is 9.88. The van der Waals surface area contributed by atoms with E-state index in [0.717, 1.165) is 41.7 Å². The van der Waals surface area contributed by atoms with Crippen molar-refractivity contribution in [3.05, 3.63) is 285 Å². The maximum atomic E-state index is 10.3. The van der Waals surface area contributed by atoms with Crippen LogP contribution in [0.25, 0.3) is 130 Å². The fraction of sp³-hybridized carbons (Fsp3) is 0. The van der Waals surface area contributed by atoms with Crippen molar-refractivity contribution in [3.63, 3.8) is 0 Å². The Morgan fingerprint density at radius 2 is 0.872 bits per heavy atom. The van der Waals surface area contributed by atoms with E-state index in [0.29, 0.717) is 55.3 Å². The fourth-order valence-corrected chi connectivity index (χ4v) is 12.7. The average molecular weight is 1030 g/mol. The summed E-state index contributed by atoms with van der Waals surface area (Å²) in [5.41, 5.74) is 5.39. The summed E-state index contributed by atoms with van der Waals surface area (Å²) in [5.74, 6) is 0. The molecule has 3 aromatic heterocycles. The molecule has 4 heteroatoms. The van der Waals surface area contributed by atoms with Crippen LogP contribution in [0.5, 0.6) is 0 Å². The average Bonchev–Trinajstić information content (AvgIpc) is 1.68. The topological polar surface area (TPSA) is 13.1 Å². The lowest BCUT2D eigenvalue weighted by Crippen LogP contribution is -2.09. The van der Waals surface area contributed by atoms with Gasteiger partial charge in [0.15, 0.2) is 0 Å². The molecule has 16 aromatic rings. The number of thiophene rings is 1. The number of rotatable bonds is 8. The molecule has 0 spiro atoms. The summed E-state index contributed by atoms with van der Waals surface area (Å²) < 4.78 is 148. The number of benzene rings is 13. The number of nitrogens with zero attached hydrogens (tertiary/aromatic N) is 3. The number of hydrogen-bond donors (Lipinski definition) is 0. The normalized spacial score (nSPS) is 14.5. The molecule has 0 atom stereocenters. The van der Waals surface area contributed by atoms with Crippen molar-refractivity contribution < 1.29 is 20.6 Å². The largest absolute Gasteiger partial charge is 0.310 e. The van der Waals surface area contributed by atoms with E-state index in [9.17, 15) is 15.1 Å². The predicted octanol–water partition coefficient (Wildman–Crippen LogP) is 21.0. The summed E-state index contributed by atoms with van der Waals surface area (Å²) in [4.78, 5) is 1.66. The van der Waals surface area contributed by atoms with Gasteiger partial charge in [0, 0.05) is 69.9 Å². The number of anilines is 3. The zero-order chi connectivity index (χ0) is 64.3. The highest BCUT2D eigenvalue weighted by atomic mass is 32.1. The molecule has 0 fully saturated rings. The summed E-state index contributed by atoms with van der Waals surface area (Å²) in [6, 6.07) is 53.8. The molecule has 16 rings (SSSR count). The van der Waals surface area contributed by atoms with Gasteiger partial charge >= 0.3 is 0 Å². The van der Waals surface area contributed by atoms with E-state index in [-0.39, 0.29) is 86.3 Å². The molecule has 0 aliphatic rings. The first kappa shape index (κ1) is 31.8. The van der Waals surface area contributed by atoms with Crippen LogP contribution in [0.15, 0.2) is 285 Å². The molecule has 0 aliphatic carbocycles. The van der Waals surface area contributed by atoms with Gasteiger partial charge in [0.1, 0.15) is 0 Å². The fourth-order valence-electron chi connectivity index (χ4n) is 11.6. The highest BCUT2D eigenvalue weighted by Gasteiger charge is 2.21. The first-order chi connectivity index (χ1) is 44.9. The minimum Gasteiger partial charge on any atom is -0.310 e. The standard InChI is InChI=1S/C74H47N3S/c1-2-18-51(19-3-1)75(54-38-44-74-67(47-54)65-27-10-15-32-73(65)78-74)53-20-16-17-49(45-53)50-35-39-57-55(48-33-36-52(37-34-48)76-68-28-11-6-23-61(68)62-24-7-12-29-69(62)76)40-41-59(66(57)46-50)58-42-43-72(60-22-5-4-21-56(58)60)77-70-30-13-8-25-63(70)64-26-9-14-31-71(64)77/h1-47H/i1D,2D,3D,4D,5D,18D,19D,21D,22D,33D,34D,36D,37D,42D,43D. The van der Waals surface area contributed by atoms with Gasteiger partial charge in [-0.05, 0) is 146 Å². The van der Waals surface area contributed by atoms with Crippen LogP contribution in [0.3, 0.4) is 0 Å². The summed E-state index contributed by atoms with van der Waals surface area (Å²) in [6.45, 7) is 0. The molecule has 0 bridgehead atoms. The van der Waals surface area contributed by atoms with Crippen LogP contribution in [0.2, 0.25) is 0 Å². The minimum atomic E-state index is -0.556. The van der Waals surface area contributed by atoms with E-state index in [1.54, 1.807) is 55.7 Å². The summed E-state index contributed by atoms with van der Waals surface area (Å²) in [5, 5.41) is 6.05. The third-order valence-corrected chi connectivity index (χ3v) is 16.2. The lowest BCUT2D eigenvalue weighted by Gasteiger charge is -2.26. The number of para-hydroxylation sites is 5.